The van der Waals surface area contributed by atoms with Gasteiger partial charge in [-0.3, -0.25) is 14.4 Å². The third kappa shape index (κ3) is 4.96. The molecule has 3 aliphatic carbocycles. The molecule has 6 heteroatoms. The minimum atomic E-state index is -0.397. The van der Waals surface area contributed by atoms with Crippen LogP contribution in [-0.2, 0) is 25.7 Å². The van der Waals surface area contributed by atoms with E-state index in [0.717, 1.165) is 23.8 Å². The van der Waals surface area contributed by atoms with Crippen LogP contribution in [0.25, 0.3) is 0 Å². The summed E-state index contributed by atoms with van der Waals surface area (Å²) >= 11 is 0. The molecule has 2 amide bonds. The molecule has 37 heavy (non-hydrogen) atoms. The van der Waals surface area contributed by atoms with Crippen LogP contribution in [0.5, 0.6) is 0 Å². The van der Waals surface area contributed by atoms with Crippen LogP contribution in [0.4, 0.5) is 0 Å². The zero-order valence-corrected chi connectivity index (χ0v) is 22.6. The van der Waals surface area contributed by atoms with E-state index in [9.17, 15) is 14.4 Å². The average Bonchev–Trinajstić information content (AvgIpc) is 3.30. The Morgan fingerprint density at radius 2 is 1.81 bits per heavy atom. The first-order chi connectivity index (χ1) is 17.7. The van der Waals surface area contributed by atoms with Crippen LogP contribution < -0.4 is 5.32 Å². The molecule has 0 aromatic heterocycles. The minimum Gasteiger partial charge on any atom is -0.461 e. The smallest absolute Gasteiger partial charge is 0.306 e. The zero-order chi connectivity index (χ0) is 26.2. The molecule has 1 N–H and O–H groups in total. The lowest BCUT2D eigenvalue weighted by molar-refractivity contribution is -0.146. The number of rotatable bonds is 7. The second-order valence-electron chi connectivity index (χ2n) is 12.4. The minimum absolute atomic E-state index is 0.0185. The normalized spacial score (nSPS) is 34.6. The lowest BCUT2D eigenvalue weighted by atomic mass is 9.48. The Balaban J connectivity index is 1.19. The zero-order valence-electron chi connectivity index (χ0n) is 22.6. The molecule has 6 nitrogen and oxygen atoms in total. The summed E-state index contributed by atoms with van der Waals surface area (Å²) in [6.07, 6.45) is 11.2. The number of esters is 1. The SMILES string of the molecule is CN1C(=O)C(CNC(=O)CCC(=O)OCc2ccccc2)=C[C@]2(C)[C@H]3CC[C@]4(C)CCC[C@H]4[C@@H]3CC[C@@H]12. The number of nitrogens with one attached hydrogen (secondary N) is 1. The number of carbonyl (C=O) groups excluding carboxylic acids is 3. The number of amides is 2. The van der Waals surface area contributed by atoms with E-state index in [2.05, 4.69) is 25.2 Å². The van der Waals surface area contributed by atoms with Crippen molar-refractivity contribution in [1.82, 2.24) is 10.2 Å². The largest absolute Gasteiger partial charge is 0.461 e. The summed E-state index contributed by atoms with van der Waals surface area (Å²) in [5, 5.41) is 2.90. The number of hydrogen-bond donors (Lipinski definition) is 1. The van der Waals surface area contributed by atoms with Gasteiger partial charge >= 0.3 is 5.97 Å². The molecule has 5 rings (SSSR count). The summed E-state index contributed by atoms with van der Waals surface area (Å²) in [4.78, 5) is 39.8. The molecule has 3 fully saturated rings. The number of hydrogen-bond acceptors (Lipinski definition) is 4. The number of ether oxygens (including phenoxy) is 1. The van der Waals surface area contributed by atoms with Gasteiger partial charge in [0.25, 0.3) is 5.91 Å². The molecule has 4 aliphatic rings. The molecule has 0 saturated heterocycles. The Hall–Kier alpha value is -2.63. The van der Waals surface area contributed by atoms with Gasteiger partial charge in [-0.05, 0) is 67.3 Å². The van der Waals surface area contributed by atoms with Crippen molar-refractivity contribution in [2.75, 3.05) is 13.6 Å². The first kappa shape index (κ1) is 26.0. The van der Waals surface area contributed by atoms with Crippen molar-refractivity contribution in [1.29, 1.82) is 0 Å². The fourth-order valence-electron chi connectivity index (χ4n) is 8.42. The van der Waals surface area contributed by atoms with E-state index < -0.39 is 5.97 Å². The molecule has 1 aromatic carbocycles. The summed E-state index contributed by atoms with van der Waals surface area (Å²) in [6, 6.07) is 9.71. The summed E-state index contributed by atoms with van der Waals surface area (Å²) in [6.45, 7) is 5.29. The highest BCUT2D eigenvalue weighted by Crippen LogP contribution is 2.64. The Kier molecular flexibility index (Phi) is 7.21. The van der Waals surface area contributed by atoms with Gasteiger partial charge in [0, 0.05) is 37.0 Å². The maximum absolute atomic E-state index is 13.2. The quantitative estimate of drug-likeness (QED) is 0.527. The molecule has 200 valence electrons. The maximum atomic E-state index is 13.2. The second kappa shape index (κ2) is 10.3. The van der Waals surface area contributed by atoms with Crippen molar-refractivity contribution >= 4 is 17.8 Å². The van der Waals surface area contributed by atoms with Gasteiger partial charge in [0.15, 0.2) is 0 Å². The van der Waals surface area contributed by atoms with Crippen LogP contribution in [0.2, 0.25) is 0 Å². The molecule has 0 spiro atoms. The van der Waals surface area contributed by atoms with Crippen LogP contribution in [0.1, 0.15) is 77.2 Å². The summed E-state index contributed by atoms with van der Waals surface area (Å²) < 4.78 is 5.27. The van der Waals surface area contributed by atoms with Crippen molar-refractivity contribution in [2.45, 2.75) is 84.3 Å². The van der Waals surface area contributed by atoms with E-state index in [1.54, 1.807) is 0 Å². The molecule has 1 aromatic rings. The van der Waals surface area contributed by atoms with Gasteiger partial charge in [0.1, 0.15) is 6.61 Å². The van der Waals surface area contributed by atoms with E-state index >= 15 is 0 Å². The molecule has 6 atom stereocenters. The Morgan fingerprint density at radius 1 is 1.03 bits per heavy atom. The highest BCUT2D eigenvalue weighted by atomic mass is 16.5. The maximum Gasteiger partial charge on any atom is 0.306 e. The van der Waals surface area contributed by atoms with Crippen LogP contribution in [0, 0.1) is 28.6 Å². The first-order valence-electron chi connectivity index (χ1n) is 14.2. The Morgan fingerprint density at radius 3 is 2.59 bits per heavy atom. The molecule has 1 heterocycles. The third-order valence-electron chi connectivity index (χ3n) is 10.3. The van der Waals surface area contributed by atoms with Crippen LogP contribution in [-0.4, -0.2) is 42.3 Å². The third-order valence-corrected chi connectivity index (χ3v) is 10.3. The van der Waals surface area contributed by atoms with E-state index in [4.69, 9.17) is 4.74 Å². The molecule has 0 bridgehead atoms. The van der Waals surface area contributed by atoms with Crippen molar-refractivity contribution in [3.05, 3.63) is 47.5 Å². The van der Waals surface area contributed by atoms with E-state index in [-0.39, 0.29) is 49.3 Å². The number of benzene rings is 1. The van der Waals surface area contributed by atoms with Crippen molar-refractivity contribution in [2.24, 2.45) is 28.6 Å². The van der Waals surface area contributed by atoms with Gasteiger partial charge in [0.2, 0.25) is 5.91 Å². The van der Waals surface area contributed by atoms with Crippen LogP contribution >= 0.6 is 0 Å². The molecule has 0 radical (unpaired) electrons. The number of carbonyl (C=O) groups is 3. The standard InChI is InChI=1S/C31H42N2O4/c1-30-16-7-10-24(30)23-11-12-26-31(2,25(23)15-17-30)18-22(29(36)33(26)3)19-32-27(34)13-14-28(35)37-20-21-8-5-4-6-9-21/h4-6,8-9,18,23-26H,7,10-17,19-20H2,1-3H3,(H,32,34)/t23-,24-,25-,26+,30-,31+/m0/s1. The highest BCUT2D eigenvalue weighted by molar-refractivity contribution is 5.96. The molecular weight excluding hydrogens is 464 g/mol. The first-order valence-corrected chi connectivity index (χ1v) is 14.2. The van der Waals surface area contributed by atoms with Gasteiger partial charge in [0.05, 0.1) is 6.42 Å². The summed E-state index contributed by atoms with van der Waals surface area (Å²) in [7, 11) is 1.94. The van der Waals surface area contributed by atoms with Crippen LogP contribution in [0.3, 0.4) is 0 Å². The highest BCUT2D eigenvalue weighted by Gasteiger charge is 2.58. The number of fused-ring (bicyclic) bond motifs is 5. The summed E-state index contributed by atoms with van der Waals surface area (Å²) in [5.74, 6) is 1.52. The molecule has 0 unspecified atom stereocenters. The number of likely N-dealkylation sites (N-methyl/N-ethyl adjacent to an activating group) is 1. The Labute approximate surface area is 221 Å². The Bertz CT molecular complexity index is 1070. The predicted octanol–water partition coefficient (Wildman–Crippen LogP) is 5.03. The lowest BCUT2D eigenvalue weighted by Gasteiger charge is -2.60. The number of nitrogens with zero attached hydrogens (tertiary/aromatic N) is 1. The van der Waals surface area contributed by atoms with Crippen molar-refractivity contribution in [3.63, 3.8) is 0 Å². The van der Waals surface area contributed by atoms with Crippen LogP contribution in [0.15, 0.2) is 42.0 Å². The topological polar surface area (TPSA) is 75.7 Å². The van der Waals surface area contributed by atoms with E-state index in [1.807, 2.05) is 42.3 Å². The fourth-order valence-corrected chi connectivity index (χ4v) is 8.42. The van der Waals surface area contributed by atoms with E-state index in [1.165, 1.54) is 38.5 Å². The second-order valence-corrected chi connectivity index (χ2v) is 12.4. The summed E-state index contributed by atoms with van der Waals surface area (Å²) in [5.41, 5.74) is 2.04. The van der Waals surface area contributed by atoms with Gasteiger partial charge in [-0.15, -0.1) is 0 Å². The predicted molar refractivity (Wildman–Crippen MR) is 142 cm³/mol. The average molecular weight is 507 g/mol. The van der Waals surface area contributed by atoms with Gasteiger partial charge in [-0.1, -0.05) is 56.7 Å². The molecule has 3 saturated carbocycles. The monoisotopic (exact) mass is 506 g/mol. The van der Waals surface area contributed by atoms with E-state index in [0.29, 0.717) is 16.9 Å². The molecular formula is C31H42N2O4. The van der Waals surface area contributed by atoms with Crippen molar-refractivity contribution in [3.8, 4) is 0 Å². The lowest BCUT2D eigenvalue weighted by Crippen LogP contribution is -2.60. The van der Waals surface area contributed by atoms with Crippen molar-refractivity contribution < 1.29 is 19.1 Å². The van der Waals surface area contributed by atoms with Gasteiger partial charge in [-0.2, -0.15) is 0 Å². The van der Waals surface area contributed by atoms with Gasteiger partial charge < -0.3 is 15.0 Å². The molecule has 1 aliphatic heterocycles. The van der Waals surface area contributed by atoms with Gasteiger partial charge in [-0.25, -0.2) is 0 Å². The fraction of sp³-hybridized carbons (Fsp3) is 0.645.